The fourth-order valence-electron chi connectivity index (χ4n) is 0.427. The highest BCUT2D eigenvalue weighted by Gasteiger charge is 1.93. The predicted molar refractivity (Wildman–Crippen MR) is 45.8 cm³/mol. The van der Waals surface area contributed by atoms with Gasteiger partial charge in [-0.25, -0.2) is 0 Å². The molecule has 0 unspecified atom stereocenters. The Labute approximate surface area is 69.6 Å². The first-order valence-electron chi connectivity index (χ1n) is 3.23. The van der Waals surface area contributed by atoms with Crippen molar-refractivity contribution in [3.05, 3.63) is 0 Å². The highest BCUT2D eigenvalue weighted by molar-refractivity contribution is 5.33. The lowest BCUT2D eigenvalue weighted by Crippen LogP contribution is -2.05. The first kappa shape index (κ1) is 10.4. The van der Waals surface area contributed by atoms with E-state index in [4.69, 9.17) is 22.3 Å². The minimum absolute atomic E-state index is 0.0417. The highest BCUT2D eigenvalue weighted by atomic mass is 16.2. The number of anilines is 3. The summed E-state index contributed by atoms with van der Waals surface area (Å²) in [7, 11) is 0. The monoisotopic (exact) mass is 172 g/mol. The van der Waals surface area contributed by atoms with Gasteiger partial charge in [-0.3, -0.25) is 0 Å². The van der Waals surface area contributed by atoms with Gasteiger partial charge in [0, 0.05) is 6.61 Å². The van der Waals surface area contributed by atoms with Crippen LogP contribution < -0.4 is 17.2 Å². The SMILES string of the molecule is CCO.Nc1nc(N)nc(N)n1. The first-order valence-corrected chi connectivity index (χ1v) is 3.23. The van der Waals surface area contributed by atoms with Crippen LogP contribution in [0.5, 0.6) is 0 Å². The fourth-order valence-corrected chi connectivity index (χ4v) is 0.427. The molecule has 0 saturated heterocycles. The third-order valence-corrected chi connectivity index (χ3v) is 0.687. The third-order valence-electron chi connectivity index (χ3n) is 0.687. The quantitative estimate of drug-likeness (QED) is 0.378. The van der Waals surface area contributed by atoms with Crippen molar-refractivity contribution in [3.8, 4) is 0 Å². The molecule has 1 heterocycles. The van der Waals surface area contributed by atoms with Crippen molar-refractivity contribution in [1.29, 1.82) is 0 Å². The summed E-state index contributed by atoms with van der Waals surface area (Å²) in [4.78, 5) is 10.5. The average Bonchev–Trinajstić information content (AvgIpc) is 1.84. The topological polar surface area (TPSA) is 137 Å². The fraction of sp³-hybridized carbons (Fsp3) is 0.400. The maximum absolute atomic E-state index is 7.57. The summed E-state index contributed by atoms with van der Waals surface area (Å²) in [5.41, 5.74) is 15.4. The van der Waals surface area contributed by atoms with Gasteiger partial charge in [0.25, 0.3) is 0 Å². The summed E-state index contributed by atoms with van der Waals surface area (Å²) in [5.74, 6) is 0.125. The van der Waals surface area contributed by atoms with Crippen LogP contribution in [0.15, 0.2) is 0 Å². The van der Waals surface area contributed by atoms with Gasteiger partial charge in [0.2, 0.25) is 17.8 Å². The second-order valence-corrected chi connectivity index (χ2v) is 1.73. The van der Waals surface area contributed by atoms with E-state index in [-0.39, 0.29) is 24.5 Å². The van der Waals surface area contributed by atoms with Crippen LogP contribution in [0.2, 0.25) is 0 Å². The van der Waals surface area contributed by atoms with Crippen molar-refractivity contribution in [2.24, 2.45) is 0 Å². The molecule has 0 aromatic carbocycles. The third kappa shape index (κ3) is 4.23. The molecule has 1 aromatic rings. The Morgan fingerprint density at radius 3 is 1.33 bits per heavy atom. The molecule has 7 N–H and O–H groups in total. The van der Waals surface area contributed by atoms with E-state index in [2.05, 4.69) is 15.0 Å². The molecule has 1 rings (SSSR count). The summed E-state index contributed by atoms with van der Waals surface area (Å²) in [6.07, 6.45) is 0. The second kappa shape index (κ2) is 5.08. The van der Waals surface area contributed by atoms with Crippen LogP contribution in [0.25, 0.3) is 0 Å². The Balaban J connectivity index is 0.000000354. The van der Waals surface area contributed by atoms with Crippen molar-refractivity contribution < 1.29 is 5.11 Å². The number of nitrogens with zero attached hydrogens (tertiary/aromatic N) is 3. The zero-order chi connectivity index (χ0) is 9.56. The van der Waals surface area contributed by atoms with Crippen LogP contribution in [0.3, 0.4) is 0 Å². The lowest BCUT2D eigenvalue weighted by molar-refractivity contribution is 0.318. The standard InChI is InChI=1S/C3H6N6.C2H6O/c4-1-7-2(5)9-3(6)8-1;1-2-3/h(H6,4,5,6,7,8,9);3H,2H2,1H3. The van der Waals surface area contributed by atoms with Crippen molar-refractivity contribution in [3.63, 3.8) is 0 Å². The van der Waals surface area contributed by atoms with E-state index in [1.807, 2.05) is 0 Å². The number of hydrogen-bond acceptors (Lipinski definition) is 7. The molecular weight excluding hydrogens is 160 g/mol. The summed E-state index contributed by atoms with van der Waals surface area (Å²) >= 11 is 0. The molecule has 1 aromatic heterocycles. The van der Waals surface area contributed by atoms with Crippen LogP contribution in [-0.2, 0) is 0 Å². The molecule has 0 radical (unpaired) electrons. The molecule has 0 atom stereocenters. The number of aliphatic hydroxyl groups is 1. The van der Waals surface area contributed by atoms with E-state index in [0.29, 0.717) is 0 Å². The van der Waals surface area contributed by atoms with Gasteiger partial charge in [0.15, 0.2) is 0 Å². The molecular formula is C5H12N6O. The van der Waals surface area contributed by atoms with E-state index in [0.717, 1.165) is 0 Å². The predicted octanol–water partition coefficient (Wildman–Crippen LogP) is -1.38. The molecule has 68 valence electrons. The van der Waals surface area contributed by atoms with Gasteiger partial charge in [-0.15, -0.1) is 0 Å². The number of hydrogen-bond donors (Lipinski definition) is 4. The van der Waals surface area contributed by atoms with E-state index < -0.39 is 0 Å². The van der Waals surface area contributed by atoms with E-state index in [1.165, 1.54) is 0 Å². The van der Waals surface area contributed by atoms with Crippen LogP contribution in [0.4, 0.5) is 17.8 Å². The molecule has 0 aliphatic carbocycles. The molecule has 0 spiro atoms. The number of nitrogen functional groups attached to an aromatic ring is 3. The largest absolute Gasteiger partial charge is 0.397 e. The normalized spacial score (nSPS) is 8.50. The summed E-state index contributed by atoms with van der Waals surface area (Å²) in [5, 5.41) is 7.57. The van der Waals surface area contributed by atoms with Gasteiger partial charge in [0.1, 0.15) is 0 Å². The molecule has 7 nitrogen and oxygen atoms in total. The van der Waals surface area contributed by atoms with Crippen LogP contribution in [-0.4, -0.2) is 26.7 Å². The van der Waals surface area contributed by atoms with E-state index >= 15 is 0 Å². The maximum atomic E-state index is 7.57. The first-order chi connectivity index (χ1) is 5.60. The van der Waals surface area contributed by atoms with Crippen molar-refractivity contribution in [2.45, 2.75) is 6.92 Å². The lowest BCUT2D eigenvalue weighted by atomic mass is 10.9. The number of aliphatic hydroxyl groups excluding tert-OH is 1. The van der Waals surface area contributed by atoms with Gasteiger partial charge in [0.05, 0.1) is 0 Å². The minimum Gasteiger partial charge on any atom is -0.397 e. The van der Waals surface area contributed by atoms with Gasteiger partial charge in [-0.05, 0) is 6.92 Å². The average molecular weight is 172 g/mol. The Morgan fingerprint density at radius 1 is 1.00 bits per heavy atom. The van der Waals surface area contributed by atoms with Gasteiger partial charge in [-0.1, -0.05) is 0 Å². The number of rotatable bonds is 0. The van der Waals surface area contributed by atoms with Crippen molar-refractivity contribution >= 4 is 17.8 Å². The lowest BCUT2D eigenvalue weighted by Gasteiger charge is -1.93. The zero-order valence-corrected chi connectivity index (χ0v) is 6.73. The smallest absolute Gasteiger partial charge is 0.226 e. The highest BCUT2D eigenvalue weighted by Crippen LogP contribution is 1.97. The molecule has 0 fully saturated rings. The summed E-state index contributed by atoms with van der Waals surface area (Å²) < 4.78 is 0. The van der Waals surface area contributed by atoms with Crippen molar-refractivity contribution in [2.75, 3.05) is 23.8 Å². The van der Waals surface area contributed by atoms with E-state index in [1.54, 1.807) is 6.92 Å². The Bertz CT molecular complexity index is 189. The molecule has 0 aliphatic rings. The summed E-state index contributed by atoms with van der Waals surface area (Å²) in [6.45, 7) is 1.93. The molecule has 12 heavy (non-hydrogen) atoms. The number of nitrogens with two attached hydrogens (primary N) is 3. The van der Waals surface area contributed by atoms with Gasteiger partial charge < -0.3 is 22.3 Å². The Hall–Kier alpha value is -1.63. The molecule has 7 heteroatoms. The van der Waals surface area contributed by atoms with E-state index in [9.17, 15) is 0 Å². The maximum Gasteiger partial charge on any atom is 0.226 e. The minimum atomic E-state index is 0.0417. The molecule has 0 amide bonds. The number of aromatic nitrogens is 3. The Morgan fingerprint density at radius 2 is 1.17 bits per heavy atom. The van der Waals surface area contributed by atoms with Gasteiger partial charge >= 0.3 is 0 Å². The molecule has 0 aliphatic heterocycles. The zero-order valence-electron chi connectivity index (χ0n) is 6.73. The van der Waals surface area contributed by atoms with Crippen LogP contribution in [0, 0.1) is 0 Å². The second-order valence-electron chi connectivity index (χ2n) is 1.73. The Kier molecular flexibility index (Phi) is 4.39. The van der Waals surface area contributed by atoms with Gasteiger partial charge in [-0.2, -0.15) is 15.0 Å². The van der Waals surface area contributed by atoms with Crippen molar-refractivity contribution in [1.82, 2.24) is 15.0 Å². The molecule has 0 bridgehead atoms. The molecule has 0 saturated carbocycles. The van der Waals surface area contributed by atoms with Crippen LogP contribution in [0.1, 0.15) is 6.92 Å². The summed E-state index contributed by atoms with van der Waals surface area (Å²) in [6, 6.07) is 0. The van der Waals surface area contributed by atoms with Crippen LogP contribution >= 0.6 is 0 Å².